The largest absolute Gasteiger partial charge is 0.508 e. The van der Waals surface area contributed by atoms with E-state index in [1.54, 1.807) is 30.3 Å². The van der Waals surface area contributed by atoms with Crippen molar-refractivity contribution in [1.82, 2.24) is 0 Å². The number of phenols is 1. The topological polar surface area (TPSA) is 110 Å². The lowest BCUT2D eigenvalue weighted by atomic mass is 9.97. The molecule has 2 aromatic rings. The highest BCUT2D eigenvalue weighted by Crippen LogP contribution is 2.30. The molecule has 0 heterocycles. The maximum absolute atomic E-state index is 10.8. The first-order valence-electron chi connectivity index (χ1n) is 6.14. The molecule has 5 heteroatoms. The highest BCUT2D eigenvalue weighted by molar-refractivity contribution is 5.80. The summed E-state index contributed by atoms with van der Waals surface area (Å²) in [6.07, 6.45) is 0.174. The second kappa shape index (κ2) is 5.63. The number of para-hydroxylation sites is 1. The minimum Gasteiger partial charge on any atom is -0.508 e. The standard InChI is InChI=1S/C15H16N2O3/c16-13(15(19)20)8-10-2-1-3-12(14(10)17)9-4-6-11(18)7-5-9/h1-7,13,18H,8,16-17H2,(H,19,20)/t13-/m0/s1. The zero-order valence-corrected chi connectivity index (χ0v) is 10.8. The van der Waals surface area contributed by atoms with Gasteiger partial charge in [0.05, 0.1) is 0 Å². The Morgan fingerprint density at radius 1 is 1.15 bits per heavy atom. The Balaban J connectivity index is 2.36. The van der Waals surface area contributed by atoms with E-state index in [1.165, 1.54) is 0 Å². The molecular weight excluding hydrogens is 256 g/mol. The van der Waals surface area contributed by atoms with E-state index >= 15 is 0 Å². The molecule has 20 heavy (non-hydrogen) atoms. The van der Waals surface area contributed by atoms with E-state index < -0.39 is 12.0 Å². The van der Waals surface area contributed by atoms with Gasteiger partial charge in [-0.05, 0) is 23.3 Å². The van der Waals surface area contributed by atoms with E-state index in [0.717, 1.165) is 11.1 Å². The molecule has 5 nitrogen and oxygen atoms in total. The Labute approximate surface area is 116 Å². The zero-order valence-electron chi connectivity index (χ0n) is 10.8. The van der Waals surface area contributed by atoms with Crippen molar-refractivity contribution in [2.24, 2.45) is 5.73 Å². The number of nitrogens with two attached hydrogens (primary N) is 2. The van der Waals surface area contributed by atoms with Crippen LogP contribution in [0.25, 0.3) is 11.1 Å². The normalized spacial score (nSPS) is 12.1. The van der Waals surface area contributed by atoms with Crippen LogP contribution in [0.5, 0.6) is 5.75 Å². The molecule has 2 rings (SSSR count). The third kappa shape index (κ3) is 2.89. The molecule has 0 radical (unpaired) electrons. The Bertz CT molecular complexity index is 624. The lowest BCUT2D eigenvalue weighted by Crippen LogP contribution is -2.32. The van der Waals surface area contributed by atoms with Crippen molar-refractivity contribution < 1.29 is 15.0 Å². The SMILES string of the molecule is Nc1c(C[C@H](N)C(=O)O)cccc1-c1ccc(O)cc1. The van der Waals surface area contributed by atoms with Gasteiger partial charge >= 0.3 is 5.97 Å². The lowest BCUT2D eigenvalue weighted by Gasteiger charge is -2.13. The molecule has 0 aliphatic rings. The van der Waals surface area contributed by atoms with Crippen molar-refractivity contribution in [2.75, 3.05) is 5.73 Å². The first kappa shape index (κ1) is 13.9. The molecule has 0 fully saturated rings. The third-order valence-corrected chi connectivity index (χ3v) is 3.13. The van der Waals surface area contributed by atoms with Crippen LogP contribution >= 0.6 is 0 Å². The highest BCUT2D eigenvalue weighted by atomic mass is 16.4. The van der Waals surface area contributed by atoms with Crippen LogP contribution in [0.1, 0.15) is 5.56 Å². The van der Waals surface area contributed by atoms with Gasteiger partial charge in [-0.1, -0.05) is 30.3 Å². The number of carbonyl (C=O) groups is 1. The van der Waals surface area contributed by atoms with Gasteiger partial charge in [0.15, 0.2) is 0 Å². The number of rotatable bonds is 4. The van der Waals surface area contributed by atoms with Crippen molar-refractivity contribution in [1.29, 1.82) is 0 Å². The summed E-state index contributed by atoms with van der Waals surface area (Å²) in [6, 6.07) is 11.1. The number of nitrogen functional groups attached to an aromatic ring is 1. The minimum absolute atomic E-state index is 0.174. The second-order valence-electron chi connectivity index (χ2n) is 4.57. The van der Waals surface area contributed by atoms with Crippen LogP contribution in [-0.2, 0) is 11.2 Å². The lowest BCUT2D eigenvalue weighted by molar-refractivity contribution is -0.138. The van der Waals surface area contributed by atoms with Crippen molar-refractivity contribution in [2.45, 2.75) is 12.5 Å². The molecule has 0 saturated heterocycles. The molecule has 0 aromatic heterocycles. The third-order valence-electron chi connectivity index (χ3n) is 3.13. The molecule has 0 aliphatic heterocycles. The van der Waals surface area contributed by atoms with Crippen LogP contribution < -0.4 is 11.5 Å². The molecule has 6 N–H and O–H groups in total. The van der Waals surface area contributed by atoms with Crippen molar-refractivity contribution in [3.05, 3.63) is 48.0 Å². The van der Waals surface area contributed by atoms with Gasteiger partial charge in [-0.3, -0.25) is 4.79 Å². The van der Waals surface area contributed by atoms with Gasteiger partial charge in [-0.15, -0.1) is 0 Å². The van der Waals surface area contributed by atoms with Gasteiger partial charge in [-0.2, -0.15) is 0 Å². The fourth-order valence-electron chi connectivity index (χ4n) is 2.01. The van der Waals surface area contributed by atoms with Crippen LogP contribution in [0, 0.1) is 0 Å². The molecular formula is C15H16N2O3. The first-order valence-corrected chi connectivity index (χ1v) is 6.14. The number of benzene rings is 2. The Morgan fingerprint density at radius 2 is 1.80 bits per heavy atom. The quantitative estimate of drug-likeness (QED) is 0.632. The number of carboxylic acid groups (broad SMARTS) is 1. The van der Waals surface area contributed by atoms with Crippen molar-refractivity contribution >= 4 is 11.7 Å². The average Bonchev–Trinajstić information content (AvgIpc) is 2.42. The molecule has 0 bridgehead atoms. The zero-order chi connectivity index (χ0) is 14.7. The Hall–Kier alpha value is -2.53. The minimum atomic E-state index is -1.06. The molecule has 104 valence electrons. The molecule has 0 amide bonds. The first-order chi connectivity index (χ1) is 9.49. The summed E-state index contributed by atoms with van der Waals surface area (Å²) in [4.78, 5) is 10.8. The van der Waals surface area contributed by atoms with Gasteiger partial charge in [-0.25, -0.2) is 0 Å². The van der Waals surface area contributed by atoms with E-state index in [4.69, 9.17) is 16.6 Å². The fourth-order valence-corrected chi connectivity index (χ4v) is 2.01. The molecule has 0 spiro atoms. The number of phenolic OH excluding ortho intramolecular Hbond substituents is 1. The number of aromatic hydroxyl groups is 1. The van der Waals surface area contributed by atoms with Gasteiger partial charge in [0.2, 0.25) is 0 Å². The van der Waals surface area contributed by atoms with Crippen LogP contribution in [0.2, 0.25) is 0 Å². The summed E-state index contributed by atoms with van der Waals surface area (Å²) >= 11 is 0. The number of anilines is 1. The van der Waals surface area contributed by atoms with Crippen LogP contribution in [-0.4, -0.2) is 22.2 Å². The maximum atomic E-state index is 10.8. The van der Waals surface area contributed by atoms with Crippen LogP contribution in [0.4, 0.5) is 5.69 Å². The Morgan fingerprint density at radius 3 is 2.40 bits per heavy atom. The van der Waals surface area contributed by atoms with E-state index in [-0.39, 0.29) is 12.2 Å². The predicted octanol–water partition coefficient (Wildman–Crippen LogP) is 1.60. The maximum Gasteiger partial charge on any atom is 0.320 e. The Kier molecular flexibility index (Phi) is 3.91. The van der Waals surface area contributed by atoms with Crippen molar-refractivity contribution in [3.63, 3.8) is 0 Å². The smallest absolute Gasteiger partial charge is 0.320 e. The summed E-state index contributed by atoms with van der Waals surface area (Å²) in [6.45, 7) is 0. The fraction of sp³-hybridized carbons (Fsp3) is 0.133. The van der Waals surface area contributed by atoms with Gasteiger partial charge in [0, 0.05) is 17.7 Å². The molecule has 0 unspecified atom stereocenters. The molecule has 0 aliphatic carbocycles. The van der Waals surface area contributed by atoms with Gasteiger partial charge in [0.1, 0.15) is 11.8 Å². The number of hydrogen-bond acceptors (Lipinski definition) is 4. The number of aliphatic carboxylic acids is 1. The summed E-state index contributed by atoms with van der Waals surface area (Å²) in [7, 11) is 0. The van der Waals surface area contributed by atoms with E-state index in [0.29, 0.717) is 11.3 Å². The van der Waals surface area contributed by atoms with Crippen LogP contribution in [0.3, 0.4) is 0 Å². The summed E-state index contributed by atoms with van der Waals surface area (Å²) in [5.41, 5.74) is 14.5. The monoisotopic (exact) mass is 272 g/mol. The van der Waals surface area contributed by atoms with Crippen LogP contribution in [0.15, 0.2) is 42.5 Å². The highest BCUT2D eigenvalue weighted by Gasteiger charge is 2.15. The number of carboxylic acids is 1. The molecule has 2 aromatic carbocycles. The van der Waals surface area contributed by atoms with E-state index in [2.05, 4.69) is 0 Å². The summed E-state index contributed by atoms with van der Waals surface area (Å²) in [5, 5.41) is 18.2. The van der Waals surface area contributed by atoms with Gasteiger partial charge < -0.3 is 21.7 Å². The average molecular weight is 272 g/mol. The van der Waals surface area contributed by atoms with Gasteiger partial charge in [0.25, 0.3) is 0 Å². The predicted molar refractivity (Wildman–Crippen MR) is 77.3 cm³/mol. The van der Waals surface area contributed by atoms with Crippen molar-refractivity contribution in [3.8, 4) is 16.9 Å². The van der Waals surface area contributed by atoms with E-state index in [1.807, 2.05) is 12.1 Å². The summed E-state index contributed by atoms with van der Waals surface area (Å²) < 4.78 is 0. The molecule has 0 saturated carbocycles. The number of hydrogen-bond donors (Lipinski definition) is 4. The summed E-state index contributed by atoms with van der Waals surface area (Å²) in [5.74, 6) is -0.879. The van der Waals surface area contributed by atoms with E-state index in [9.17, 15) is 9.90 Å². The molecule has 1 atom stereocenters. The second-order valence-corrected chi connectivity index (χ2v) is 4.57.